The number of imidazole rings is 1. The quantitative estimate of drug-likeness (QED) is 0.132. The van der Waals surface area contributed by atoms with Gasteiger partial charge in [0.05, 0.1) is 54.9 Å². The minimum absolute atomic E-state index is 0.0375. The van der Waals surface area contributed by atoms with E-state index in [0.717, 1.165) is 19.6 Å². The Bertz CT molecular complexity index is 2160. The van der Waals surface area contributed by atoms with E-state index >= 15 is 0 Å². The zero-order valence-electron chi connectivity index (χ0n) is 31.6. The van der Waals surface area contributed by atoms with Crippen molar-refractivity contribution < 1.29 is 46.7 Å². The van der Waals surface area contributed by atoms with E-state index in [1.54, 1.807) is 15.9 Å². The second-order valence-electron chi connectivity index (χ2n) is 15.0. The molecule has 7 rings (SSSR count). The molecule has 308 valence electrons. The highest BCUT2D eigenvalue weighted by molar-refractivity contribution is 6.34. The Hall–Kier alpha value is -5.53. The van der Waals surface area contributed by atoms with E-state index in [2.05, 4.69) is 35.8 Å². The summed E-state index contributed by atoms with van der Waals surface area (Å²) in [5, 5.41) is 21.5. The smallest absolute Gasteiger partial charge is 0.435 e. The van der Waals surface area contributed by atoms with E-state index in [0.29, 0.717) is 68.3 Å². The first-order valence-corrected chi connectivity index (χ1v) is 19.2. The molecule has 0 saturated carbocycles. The van der Waals surface area contributed by atoms with Crippen molar-refractivity contribution in [2.24, 2.45) is 11.8 Å². The van der Waals surface area contributed by atoms with Gasteiger partial charge >= 0.3 is 12.1 Å². The van der Waals surface area contributed by atoms with Crippen molar-refractivity contribution in [3.8, 4) is 17.1 Å². The number of anilines is 1. The Labute approximate surface area is 335 Å². The largest absolute Gasteiger partial charge is 0.495 e. The van der Waals surface area contributed by atoms with E-state index in [4.69, 9.17) is 16.3 Å². The third-order valence-electron chi connectivity index (χ3n) is 11.1. The van der Waals surface area contributed by atoms with E-state index in [1.807, 2.05) is 0 Å². The number of pyridine rings is 1. The number of halogens is 4. The Morgan fingerprint density at radius 3 is 2.34 bits per heavy atom. The number of aromatic amines is 2. The highest BCUT2D eigenvalue weighted by atomic mass is 35.5. The van der Waals surface area contributed by atoms with Crippen molar-refractivity contribution >= 4 is 41.0 Å². The van der Waals surface area contributed by atoms with Crippen LogP contribution in [0.25, 0.3) is 11.4 Å². The number of alkyl halides is 3. The van der Waals surface area contributed by atoms with Gasteiger partial charge < -0.3 is 39.7 Å². The molecular formula is C38H43ClF3N10O6+. The Kier molecular flexibility index (Phi) is 11.7. The van der Waals surface area contributed by atoms with Crippen LogP contribution in [0.2, 0.25) is 5.02 Å². The predicted molar refractivity (Wildman–Crippen MR) is 203 cm³/mol. The maximum absolute atomic E-state index is 13.9. The molecule has 0 atom stereocenters. The first kappa shape index (κ1) is 40.7. The molecule has 0 unspecified atom stereocenters. The van der Waals surface area contributed by atoms with Gasteiger partial charge in [0, 0.05) is 93.5 Å². The van der Waals surface area contributed by atoms with Crippen LogP contribution >= 0.6 is 11.6 Å². The number of aromatic nitrogens is 5. The van der Waals surface area contributed by atoms with Crippen molar-refractivity contribution in [1.29, 1.82) is 0 Å². The van der Waals surface area contributed by atoms with Crippen LogP contribution < -0.4 is 15.4 Å². The maximum atomic E-state index is 13.9. The van der Waals surface area contributed by atoms with Gasteiger partial charge in [-0.3, -0.25) is 24.5 Å². The number of hydrogen-bond donors (Lipinski definition) is 5. The predicted octanol–water partition coefficient (Wildman–Crippen LogP) is 3.53. The number of piperazine rings is 1. The lowest BCUT2D eigenvalue weighted by Gasteiger charge is -2.46. The van der Waals surface area contributed by atoms with Gasteiger partial charge in [0.2, 0.25) is 5.91 Å². The third-order valence-corrected chi connectivity index (χ3v) is 11.5. The lowest BCUT2D eigenvalue weighted by atomic mass is 9.90. The molecular weight excluding hydrogens is 785 g/mol. The Morgan fingerprint density at radius 1 is 1.02 bits per heavy atom. The second kappa shape index (κ2) is 16.8. The molecule has 16 nitrogen and oxygen atoms in total. The Balaban J connectivity index is 0.928. The number of hydrogen-bond acceptors (Lipinski definition) is 9. The summed E-state index contributed by atoms with van der Waals surface area (Å²) in [5.74, 6) is -1.27. The molecule has 6 heterocycles. The average Bonchev–Trinajstić information content (AvgIpc) is 3.84. The monoisotopic (exact) mass is 827 g/mol. The van der Waals surface area contributed by atoms with Gasteiger partial charge in [-0.1, -0.05) is 11.6 Å². The number of carbonyl (C=O) groups is 4. The number of amides is 3. The zero-order valence-corrected chi connectivity index (χ0v) is 32.3. The average molecular weight is 828 g/mol. The summed E-state index contributed by atoms with van der Waals surface area (Å²) in [7, 11) is 1.44. The van der Waals surface area contributed by atoms with E-state index in [1.165, 1.54) is 43.8 Å². The number of carboxylic acids is 1. The number of aliphatic carboxylic acids is 1. The number of H-pyrrole nitrogens is 2. The van der Waals surface area contributed by atoms with E-state index in [-0.39, 0.29) is 75.4 Å². The van der Waals surface area contributed by atoms with Crippen molar-refractivity contribution in [2.75, 3.05) is 77.9 Å². The van der Waals surface area contributed by atoms with Crippen LogP contribution in [0.15, 0.2) is 42.7 Å². The van der Waals surface area contributed by atoms with Crippen molar-refractivity contribution in [3.63, 3.8) is 0 Å². The topological polar surface area (TPSA) is 199 Å². The minimum Gasteiger partial charge on any atom is -0.495 e. The molecule has 0 aliphatic carbocycles. The number of carboxylic acid groups (broad SMARTS) is 1. The molecule has 0 spiro atoms. The van der Waals surface area contributed by atoms with Crippen LogP contribution in [0.5, 0.6) is 5.75 Å². The standard InChI is InChI=1S/C38H42ClF3N10O6/c1-58-26-3-5-30(44-19-26)32-28(33(49-48-32)38(40,41)42)14-25-18-45-34(46-25)35(55)47-24-2-4-27(29(39)15-24)37(57)51-10-8-50(9-11-51)36(56)23-6-12-52(13-7-23,21-31(53)54)20-22-16-43-17-22/h2-5,15,18-19,22-23,43H,6-14,16-17,20-21H2,1H3,(H3-,44,45,46,47,48,49,53,54,55,57)/p+1. The lowest BCUT2D eigenvalue weighted by molar-refractivity contribution is -0.929. The molecule has 3 aromatic heterocycles. The minimum atomic E-state index is -4.76. The number of likely N-dealkylation sites (tertiary alicyclic amines) is 1. The highest BCUT2D eigenvalue weighted by Crippen LogP contribution is 2.36. The molecule has 3 amide bonds. The maximum Gasteiger partial charge on any atom is 0.435 e. The summed E-state index contributed by atoms with van der Waals surface area (Å²) in [4.78, 5) is 66.2. The van der Waals surface area contributed by atoms with Crippen LogP contribution in [0.3, 0.4) is 0 Å². The number of piperidine rings is 1. The normalized spacial score (nSPS) is 20.1. The molecule has 0 bridgehead atoms. The van der Waals surface area contributed by atoms with Crippen molar-refractivity contribution in [2.45, 2.75) is 25.4 Å². The molecule has 0 radical (unpaired) electrons. The Morgan fingerprint density at radius 2 is 1.74 bits per heavy atom. The molecule has 3 aliphatic heterocycles. The van der Waals surface area contributed by atoms with Crippen LogP contribution in [-0.4, -0.2) is 141 Å². The van der Waals surface area contributed by atoms with Crippen LogP contribution in [0.4, 0.5) is 18.9 Å². The fourth-order valence-corrected chi connectivity index (χ4v) is 8.24. The van der Waals surface area contributed by atoms with Gasteiger partial charge in [-0.15, -0.1) is 0 Å². The fourth-order valence-electron chi connectivity index (χ4n) is 7.98. The van der Waals surface area contributed by atoms with Gasteiger partial charge in [-0.05, 0) is 30.3 Å². The second-order valence-corrected chi connectivity index (χ2v) is 15.4. The summed E-state index contributed by atoms with van der Waals surface area (Å²) in [6.07, 6.45) is -1.18. The fraction of sp³-hybridized carbons (Fsp3) is 0.447. The number of rotatable bonds is 12. The number of benzene rings is 1. The summed E-state index contributed by atoms with van der Waals surface area (Å²) < 4.78 is 47.3. The molecule has 3 saturated heterocycles. The van der Waals surface area contributed by atoms with E-state index in [9.17, 15) is 37.5 Å². The van der Waals surface area contributed by atoms with Gasteiger partial charge in [0.15, 0.2) is 18.1 Å². The number of methoxy groups -OCH3 is 1. The number of nitrogens with one attached hydrogen (secondary N) is 4. The first-order valence-electron chi connectivity index (χ1n) is 18.9. The van der Waals surface area contributed by atoms with Crippen LogP contribution in [-0.2, 0) is 22.2 Å². The number of nitrogens with zero attached hydrogens (tertiary/aromatic N) is 6. The molecule has 58 heavy (non-hydrogen) atoms. The number of quaternary nitrogens is 1. The molecule has 4 aromatic rings. The zero-order chi connectivity index (χ0) is 41.2. The number of ether oxygens (including phenoxy) is 1. The van der Waals surface area contributed by atoms with E-state index < -0.39 is 23.7 Å². The lowest BCUT2D eigenvalue weighted by Crippen LogP contribution is -2.62. The van der Waals surface area contributed by atoms with Crippen LogP contribution in [0.1, 0.15) is 50.8 Å². The SMILES string of the molecule is COc1ccc(-c2[nH]nc(C(F)(F)F)c2Cc2cnc(C(=O)Nc3ccc(C(=O)N4CCN(C(=O)C5CC[N+](CC(=O)O)(CC6CNC6)CC5)CC4)c(Cl)c3)[nH]2)nc1. The summed E-state index contributed by atoms with van der Waals surface area (Å²) >= 11 is 6.53. The molecule has 3 fully saturated rings. The van der Waals surface area contributed by atoms with Crippen molar-refractivity contribution in [3.05, 3.63) is 76.1 Å². The molecule has 5 N–H and O–H groups in total. The molecule has 3 aliphatic rings. The summed E-state index contributed by atoms with van der Waals surface area (Å²) in [5.41, 5.74) is -0.383. The molecule has 20 heteroatoms. The van der Waals surface area contributed by atoms with Crippen molar-refractivity contribution in [1.82, 2.24) is 40.3 Å². The van der Waals surface area contributed by atoms with Gasteiger partial charge in [-0.2, -0.15) is 18.3 Å². The van der Waals surface area contributed by atoms with Gasteiger partial charge in [0.1, 0.15) is 5.75 Å². The van der Waals surface area contributed by atoms with Gasteiger partial charge in [-0.25, -0.2) is 9.78 Å². The summed E-state index contributed by atoms with van der Waals surface area (Å²) in [6.45, 7) is 5.30. The molecule has 1 aromatic carbocycles. The highest BCUT2D eigenvalue weighted by Gasteiger charge is 2.42. The van der Waals surface area contributed by atoms with Gasteiger partial charge in [0.25, 0.3) is 11.8 Å². The number of carbonyl (C=O) groups excluding carboxylic acids is 3. The van der Waals surface area contributed by atoms with Crippen LogP contribution in [0, 0.1) is 11.8 Å². The summed E-state index contributed by atoms with van der Waals surface area (Å²) in [6, 6.07) is 7.46. The third kappa shape index (κ3) is 8.95. The first-order chi connectivity index (χ1) is 27.7.